The van der Waals surface area contributed by atoms with Crippen LogP contribution in [0.15, 0.2) is 24.3 Å². The van der Waals surface area contributed by atoms with Crippen molar-refractivity contribution in [1.29, 1.82) is 0 Å². The van der Waals surface area contributed by atoms with Crippen LogP contribution in [0, 0.1) is 5.92 Å². The Morgan fingerprint density at radius 3 is 2.50 bits per heavy atom. The van der Waals surface area contributed by atoms with Gasteiger partial charge in [-0.15, -0.1) is 0 Å². The lowest BCUT2D eigenvalue weighted by Crippen LogP contribution is -2.14. The number of rotatable bonds is 3. The van der Waals surface area contributed by atoms with Crippen molar-refractivity contribution >= 4 is 5.97 Å². The first-order valence-corrected chi connectivity index (χ1v) is 4.49. The number of hydrogen-bond acceptors (Lipinski definition) is 3. The molecule has 0 amide bonds. The summed E-state index contributed by atoms with van der Waals surface area (Å²) in [6.45, 7) is 1.82. The molecular weight excluding hydrogens is 180 g/mol. The monoisotopic (exact) mass is 194 g/mol. The van der Waals surface area contributed by atoms with Crippen molar-refractivity contribution in [2.75, 3.05) is 7.11 Å². The Hall–Kier alpha value is -1.51. The minimum atomic E-state index is -0.210. The van der Waals surface area contributed by atoms with Gasteiger partial charge < -0.3 is 9.84 Å². The number of phenols is 1. The average molecular weight is 194 g/mol. The number of benzene rings is 1. The summed E-state index contributed by atoms with van der Waals surface area (Å²) in [4.78, 5) is 11.1. The molecular formula is C11H14O3. The number of esters is 1. The largest absolute Gasteiger partial charge is 0.508 e. The zero-order chi connectivity index (χ0) is 10.6. The van der Waals surface area contributed by atoms with Crippen molar-refractivity contribution in [3.63, 3.8) is 0 Å². The van der Waals surface area contributed by atoms with E-state index in [0.29, 0.717) is 6.42 Å². The predicted molar refractivity (Wildman–Crippen MR) is 53.0 cm³/mol. The summed E-state index contributed by atoms with van der Waals surface area (Å²) in [5.74, 6) is -0.123. The van der Waals surface area contributed by atoms with Crippen molar-refractivity contribution in [2.24, 2.45) is 5.92 Å². The molecule has 0 unspecified atom stereocenters. The van der Waals surface area contributed by atoms with E-state index in [1.54, 1.807) is 24.3 Å². The van der Waals surface area contributed by atoms with Gasteiger partial charge in [0.25, 0.3) is 0 Å². The van der Waals surface area contributed by atoms with Crippen molar-refractivity contribution in [3.05, 3.63) is 29.8 Å². The highest BCUT2D eigenvalue weighted by molar-refractivity contribution is 5.72. The van der Waals surface area contributed by atoms with Crippen molar-refractivity contribution in [2.45, 2.75) is 13.3 Å². The molecule has 0 bridgehead atoms. The van der Waals surface area contributed by atoms with E-state index >= 15 is 0 Å². The van der Waals surface area contributed by atoms with Gasteiger partial charge in [0.2, 0.25) is 0 Å². The van der Waals surface area contributed by atoms with Gasteiger partial charge in [-0.05, 0) is 24.1 Å². The molecule has 0 saturated heterocycles. The summed E-state index contributed by atoms with van der Waals surface area (Å²) < 4.78 is 4.62. The molecule has 0 aliphatic carbocycles. The number of methoxy groups -OCH3 is 1. The molecule has 0 fully saturated rings. The summed E-state index contributed by atoms with van der Waals surface area (Å²) >= 11 is 0. The topological polar surface area (TPSA) is 46.5 Å². The molecule has 0 spiro atoms. The molecule has 0 aromatic heterocycles. The first-order valence-electron chi connectivity index (χ1n) is 4.49. The van der Waals surface area contributed by atoms with Crippen molar-refractivity contribution < 1.29 is 14.6 Å². The molecule has 1 aromatic rings. The second-order valence-corrected chi connectivity index (χ2v) is 3.29. The Balaban J connectivity index is 2.60. The van der Waals surface area contributed by atoms with Gasteiger partial charge in [0.1, 0.15) is 5.75 Å². The second-order valence-electron chi connectivity index (χ2n) is 3.29. The molecule has 1 aromatic carbocycles. The third-order valence-electron chi connectivity index (χ3n) is 2.08. The van der Waals surface area contributed by atoms with Crippen LogP contribution in [0.3, 0.4) is 0 Å². The van der Waals surface area contributed by atoms with Gasteiger partial charge in [-0.1, -0.05) is 19.1 Å². The summed E-state index contributed by atoms with van der Waals surface area (Å²) in [6, 6.07) is 6.82. The van der Waals surface area contributed by atoms with Crippen molar-refractivity contribution in [1.82, 2.24) is 0 Å². The summed E-state index contributed by atoms with van der Waals surface area (Å²) in [5, 5.41) is 9.05. The smallest absolute Gasteiger partial charge is 0.308 e. The normalized spacial score (nSPS) is 12.1. The fraction of sp³-hybridized carbons (Fsp3) is 0.364. The lowest BCUT2D eigenvalue weighted by Gasteiger charge is -2.08. The number of carbonyl (C=O) groups is 1. The fourth-order valence-corrected chi connectivity index (χ4v) is 1.27. The zero-order valence-corrected chi connectivity index (χ0v) is 8.36. The van der Waals surface area contributed by atoms with E-state index in [9.17, 15) is 4.79 Å². The number of hydrogen-bond donors (Lipinski definition) is 1. The Morgan fingerprint density at radius 1 is 1.43 bits per heavy atom. The lowest BCUT2D eigenvalue weighted by atomic mass is 10.0. The maximum Gasteiger partial charge on any atom is 0.308 e. The third kappa shape index (κ3) is 2.76. The van der Waals surface area contributed by atoms with Crippen LogP contribution in [0.1, 0.15) is 12.5 Å². The molecule has 3 nitrogen and oxygen atoms in total. The fourth-order valence-electron chi connectivity index (χ4n) is 1.27. The second kappa shape index (κ2) is 4.65. The molecule has 1 N–H and O–H groups in total. The predicted octanol–water partition coefficient (Wildman–Crippen LogP) is 1.74. The van der Waals surface area contributed by atoms with Crippen LogP contribution in [0.25, 0.3) is 0 Å². The number of ether oxygens (including phenoxy) is 1. The van der Waals surface area contributed by atoms with Gasteiger partial charge in [-0.3, -0.25) is 4.79 Å². The third-order valence-corrected chi connectivity index (χ3v) is 2.08. The van der Waals surface area contributed by atoms with Crippen LogP contribution >= 0.6 is 0 Å². The molecule has 14 heavy (non-hydrogen) atoms. The molecule has 1 rings (SSSR count). The standard InChI is InChI=1S/C11H14O3/c1-8(11(13)14-2)7-9-3-5-10(12)6-4-9/h3-6,8,12H,7H2,1-2H3/t8-/m0/s1. The molecule has 0 aliphatic heterocycles. The Bertz CT molecular complexity index is 303. The van der Waals surface area contributed by atoms with Crippen LogP contribution in [0.4, 0.5) is 0 Å². The quantitative estimate of drug-likeness (QED) is 0.745. The number of phenolic OH excluding ortho intramolecular Hbond substituents is 1. The summed E-state index contributed by atoms with van der Waals surface area (Å²) in [6.07, 6.45) is 0.632. The summed E-state index contributed by atoms with van der Waals surface area (Å²) in [7, 11) is 1.38. The molecule has 0 aliphatic rings. The van der Waals surface area contributed by atoms with Crippen LogP contribution in [0.5, 0.6) is 5.75 Å². The van der Waals surface area contributed by atoms with Gasteiger partial charge in [0.15, 0.2) is 0 Å². The van der Waals surface area contributed by atoms with E-state index in [0.717, 1.165) is 5.56 Å². The van der Waals surface area contributed by atoms with Gasteiger partial charge in [-0.25, -0.2) is 0 Å². The first-order chi connectivity index (χ1) is 6.63. The van der Waals surface area contributed by atoms with Gasteiger partial charge >= 0.3 is 5.97 Å². The van der Waals surface area contributed by atoms with E-state index in [4.69, 9.17) is 5.11 Å². The molecule has 1 atom stereocenters. The van der Waals surface area contributed by atoms with E-state index in [1.807, 2.05) is 6.92 Å². The Kier molecular flexibility index (Phi) is 3.51. The van der Waals surface area contributed by atoms with E-state index in [-0.39, 0.29) is 17.6 Å². The summed E-state index contributed by atoms with van der Waals surface area (Å²) in [5.41, 5.74) is 1.01. The van der Waals surface area contributed by atoms with E-state index in [2.05, 4.69) is 4.74 Å². The van der Waals surface area contributed by atoms with Crippen LogP contribution < -0.4 is 0 Å². The van der Waals surface area contributed by atoms with Crippen LogP contribution in [-0.2, 0) is 16.0 Å². The van der Waals surface area contributed by atoms with Gasteiger partial charge in [-0.2, -0.15) is 0 Å². The lowest BCUT2D eigenvalue weighted by molar-refractivity contribution is -0.144. The highest BCUT2D eigenvalue weighted by Gasteiger charge is 2.13. The first kappa shape index (κ1) is 10.6. The molecule has 0 heterocycles. The average Bonchev–Trinajstić information content (AvgIpc) is 2.20. The van der Waals surface area contributed by atoms with Gasteiger partial charge in [0, 0.05) is 0 Å². The Labute approximate surface area is 83.3 Å². The maximum absolute atomic E-state index is 11.1. The van der Waals surface area contributed by atoms with Crippen LogP contribution in [-0.4, -0.2) is 18.2 Å². The van der Waals surface area contributed by atoms with Gasteiger partial charge in [0.05, 0.1) is 13.0 Å². The number of aromatic hydroxyl groups is 1. The number of carbonyl (C=O) groups excluding carboxylic acids is 1. The SMILES string of the molecule is COC(=O)[C@@H](C)Cc1ccc(O)cc1. The Morgan fingerprint density at radius 2 is 2.00 bits per heavy atom. The molecule has 3 heteroatoms. The molecule has 76 valence electrons. The molecule has 0 radical (unpaired) electrons. The van der Waals surface area contributed by atoms with Crippen LogP contribution in [0.2, 0.25) is 0 Å². The highest BCUT2D eigenvalue weighted by Crippen LogP contribution is 2.14. The van der Waals surface area contributed by atoms with E-state index in [1.165, 1.54) is 7.11 Å². The highest BCUT2D eigenvalue weighted by atomic mass is 16.5. The maximum atomic E-state index is 11.1. The zero-order valence-electron chi connectivity index (χ0n) is 8.36. The minimum Gasteiger partial charge on any atom is -0.508 e. The van der Waals surface area contributed by atoms with E-state index < -0.39 is 0 Å². The minimum absolute atomic E-state index is 0.149. The van der Waals surface area contributed by atoms with Crippen molar-refractivity contribution in [3.8, 4) is 5.75 Å². The molecule has 0 saturated carbocycles.